The molecule has 3 heteroatoms. The van der Waals surface area contributed by atoms with Gasteiger partial charge in [-0.25, -0.2) is 0 Å². The molecule has 0 amide bonds. The van der Waals surface area contributed by atoms with Crippen molar-refractivity contribution < 1.29 is 4.74 Å². The lowest BCUT2D eigenvalue weighted by Gasteiger charge is -2.34. The Balaban J connectivity index is 1.69. The Morgan fingerprint density at radius 1 is 1.20 bits per heavy atom. The van der Waals surface area contributed by atoms with E-state index in [1.807, 2.05) is 0 Å². The molecule has 3 nitrogen and oxygen atoms in total. The molecule has 20 heavy (non-hydrogen) atoms. The number of aromatic nitrogens is 1. The zero-order valence-electron chi connectivity index (χ0n) is 12.1. The van der Waals surface area contributed by atoms with E-state index < -0.39 is 0 Å². The van der Waals surface area contributed by atoms with Crippen LogP contribution in [0.15, 0.2) is 24.3 Å². The van der Waals surface area contributed by atoms with Crippen molar-refractivity contribution >= 4 is 10.9 Å². The number of para-hydroxylation sites is 1. The minimum atomic E-state index is 0.459. The molecule has 0 bridgehead atoms. The van der Waals surface area contributed by atoms with Gasteiger partial charge in [0.05, 0.1) is 11.6 Å². The smallest absolute Gasteiger partial charge is 0.143 e. The van der Waals surface area contributed by atoms with E-state index in [9.17, 15) is 0 Å². The second-order valence-corrected chi connectivity index (χ2v) is 6.18. The molecular formula is C17H22N2O. The molecule has 1 unspecified atom stereocenters. The molecule has 1 aromatic carbocycles. The summed E-state index contributed by atoms with van der Waals surface area (Å²) in [6, 6.07) is 9.12. The fourth-order valence-corrected chi connectivity index (χ4v) is 3.81. The summed E-state index contributed by atoms with van der Waals surface area (Å²) in [4.78, 5) is 2.61. The molecule has 1 saturated heterocycles. The van der Waals surface area contributed by atoms with Crippen LogP contribution < -0.4 is 4.74 Å². The topological polar surface area (TPSA) is 17.4 Å². The summed E-state index contributed by atoms with van der Waals surface area (Å²) in [5, 5.41) is 1.31. The van der Waals surface area contributed by atoms with Crippen LogP contribution in [0.25, 0.3) is 10.9 Å². The first-order valence-corrected chi connectivity index (χ1v) is 7.78. The SMILES string of the molecule is Cc1cc2cccc3c2n1C(CN1CCCCC1)CO3. The van der Waals surface area contributed by atoms with Crippen molar-refractivity contribution in [3.8, 4) is 5.75 Å². The maximum absolute atomic E-state index is 6.02. The van der Waals surface area contributed by atoms with Gasteiger partial charge in [-0.3, -0.25) is 0 Å². The molecule has 4 rings (SSSR count). The minimum absolute atomic E-state index is 0.459. The molecule has 0 aliphatic carbocycles. The Morgan fingerprint density at radius 3 is 2.90 bits per heavy atom. The number of hydrogen-bond acceptors (Lipinski definition) is 2. The molecule has 2 aromatic rings. The van der Waals surface area contributed by atoms with E-state index in [2.05, 4.69) is 40.7 Å². The third kappa shape index (κ3) is 1.92. The van der Waals surface area contributed by atoms with E-state index in [0.717, 1.165) is 18.9 Å². The van der Waals surface area contributed by atoms with E-state index in [4.69, 9.17) is 4.74 Å². The van der Waals surface area contributed by atoms with Crippen LogP contribution in [0.3, 0.4) is 0 Å². The first-order valence-electron chi connectivity index (χ1n) is 7.78. The Labute approximate surface area is 120 Å². The molecule has 1 aromatic heterocycles. The van der Waals surface area contributed by atoms with E-state index in [1.54, 1.807) is 0 Å². The maximum Gasteiger partial charge on any atom is 0.143 e. The van der Waals surface area contributed by atoms with Gasteiger partial charge >= 0.3 is 0 Å². The second kappa shape index (κ2) is 4.81. The van der Waals surface area contributed by atoms with Crippen LogP contribution in [0, 0.1) is 6.92 Å². The van der Waals surface area contributed by atoms with Gasteiger partial charge in [-0.1, -0.05) is 18.6 Å². The van der Waals surface area contributed by atoms with E-state index >= 15 is 0 Å². The van der Waals surface area contributed by atoms with Crippen LogP contribution in [0.1, 0.15) is 31.0 Å². The van der Waals surface area contributed by atoms with Crippen LogP contribution in [0.5, 0.6) is 5.75 Å². The summed E-state index contributed by atoms with van der Waals surface area (Å²) in [7, 11) is 0. The summed E-state index contributed by atoms with van der Waals surface area (Å²) < 4.78 is 8.52. The zero-order chi connectivity index (χ0) is 13.5. The standard InChI is InChI=1S/C17H22N2O/c1-13-10-14-6-5-7-16-17(14)19(13)15(12-20-16)11-18-8-3-2-4-9-18/h5-7,10,15H,2-4,8-9,11-12H2,1H3. The van der Waals surface area contributed by atoms with E-state index in [1.165, 1.54) is 48.9 Å². The summed E-state index contributed by atoms with van der Waals surface area (Å²) in [5.41, 5.74) is 2.65. The number of piperidine rings is 1. The van der Waals surface area contributed by atoms with Gasteiger partial charge in [-0.2, -0.15) is 0 Å². The lowest BCUT2D eigenvalue weighted by Crippen LogP contribution is -2.38. The number of ether oxygens (including phenoxy) is 1. The van der Waals surface area contributed by atoms with Crippen molar-refractivity contribution in [2.45, 2.75) is 32.2 Å². The molecule has 0 saturated carbocycles. The van der Waals surface area contributed by atoms with Crippen molar-refractivity contribution in [1.29, 1.82) is 0 Å². The van der Waals surface area contributed by atoms with Crippen molar-refractivity contribution in [3.05, 3.63) is 30.0 Å². The highest BCUT2D eigenvalue weighted by Gasteiger charge is 2.26. The quantitative estimate of drug-likeness (QED) is 0.832. The van der Waals surface area contributed by atoms with Gasteiger partial charge in [-0.15, -0.1) is 0 Å². The van der Waals surface area contributed by atoms with Crippen molar-refractivity contribution in [2.24, 2.45) is 0 Å². The third-order valence-corrected chi connectivity index (χ3v) is 4.73. The largest absolute Gasteiger partial charge is 0.489 e. The number of rotatable bonds is 2. The summed E-state index contributed by atoms with van der Waals surface area (Å²) in [6.45, 7) is 6.65. The molecule has 3 heterocycles. The van der Waals surface area contributed by atoms with Crippen LogP contribution in [-0.2, 0) is 0 Å². The number of aryl methyl sites for hydroxylation is 1. The van der Waals surface area contributed by atoms with Gasteiger partial charge in [0.25, 0.3) is 0 Å². The Morgan fingerprint density at radius 2 is 2.05 bits per heavy atom. The molecule has 0 spiro atoms. The Bertz CT molecular complexity index is 625. The summed E-state index contributed by atoms with van der Waals surface area (Å²) in [5.74, 6) is 1.05. The third-order valence-electron chi connectivity index (χ3n) is 4.73. The van der Waals surface area contributed by atoms with Crippen molar-refractivity contribution in [1.82, 2.24) is 9.47 Å². The average Bonchev–Trinajstić information content (AvgIpc) is 2.82. The van der Waals surface area contributed by atoms with Gasteiger partial charge in [0.2, 0.25) is 0 Å². The normalized spacial score (nSPS) is 22.9. The lowest BCUT2D eigenvalue weighted by atomic mass is 10.1. The predicted octanol–water partition coefficient (Wildman–Crippen LogP) is 3.37. The number of likely N-dealkylation sites (tertiary alicyclic amines) is 1. The van der Waals surface area contributed by atoms with E-state index in [-0.39, 0.29) is 0 Å². The van der Waals surface area contributed by atoms with Gasteiger partial charge in [0.15, 0.2) is 0 Å². The Kier molecular flexibility index (Phi) is 2.95. The highest BCUT2D eigenvalue weighted by molar-refractivity contribution is 5.87. The monoisotopic (exact) mass is 270 g/mol. The Hall–Kier alpha value is -1.48. The molecule has 2 aliphatic heterocycles. The fraction of sp³-hybridized carbons (Fsp3) is 0.529. The lowest BCUT2D eigenvalue weighted by molar-refractivity contribution is 0.153. The van der Waals surface area contributed by atoms with Gasteiger partial charge in [0.1, 0.15) is 12.4 Å². The van der Waals surface area contributed by atoms with Crippen molar-refractivity contribution in [3.63, 3.8) is 0 Å². The minimum Gasteiger partial charge on any atom is -0.489 e. The first kappa shape index (κ1) is 12.3. The second-order valence-electron chi connectivity index (χ2n) is 6.18. The van der Waals surface area contributed by atoms with Gasteiger partial charge in [0, 0.05) is 17.6 Å². The van der Waals surface area contributed by atoms with Gasteiger partial charge in [-0.05, 0) is 45.0 Å². The molecule has 2 aliphatic rings. The number of nitrogens with zero attached hydrogens (tertiary/aromatic N) is 2. The summed E-state index contributed by atoms with van der Waals surface area (Å²) >= 11 is 0. The average molecular weight is 270 g/mol. The van der Waals surface area contributed by atoms with Gasteiger partial charge < -0.3 is 14.2 Å². The molecule has 1 fully saturated rings. The number of hydrogen-bond donors (Lipinski definition) is 0. The summed E-state index contributed by atoms with van der Waals surface area (Å²) in [6.07, 6.45) is 4.10. The molecule has 106 valence electrons. The highest BCUT2D eigenvalue weighted by Crippen LogP contribution is 2.35. The number of benzene rings is 1. The van der Waals surface area contributed by atoms with Crippen LogP contribution in [-0.4, -0.2) is 35.7 Å². The van der Waals surface area contributed by atoms with Crippen LogP contribution >= 0.6 is 0 Å². The molecule has 0 N–H and O–H groups in total. The first-order chi connectivity index (χ1) is 9.83. The highest BCUT2D eigenvalue weighted by atomic mass is 16.5. The molecular weight excluding hydrogens is 248 g/mol. The molecule has 1 atom stereocenters. The van der Waals surface area contributed by atoms with Crippen molar-refractivity contribution in [2.75, 3.05) is 26.2 Å². The van der Waals surface area contributed by atoms with E-state index in [0.29, 0.717) is 6.04 Å². The predicted molar refractivity (Wildman–Crippen MR) is 81.5 cm³/mol. The fourth-order valence-electron chi connectivity index (χ4n) is 3.81. The zero-order valence-corrected chi connectivity index (χ0v) is 12.1. The van der Waals surface area contributed by atoms with Crippen LogP contribution in [0.2, 0.25) is 0 Å². The maximum atomic E-state index is 6.02. The van der Waals surface area contributed by atoms with Crippen LogP contribution in [0.4, 0.5) is 0 Å². The molecule has 0 radical (unpaired) electrons.